The number of hydrogen-bond acceptors (Lipinski definition) is 2. The molecule has 0 amide bonds. The molecular weight excluding hydrogens is 304 g/mol. The second kappa shape index (κ2) is 9.03. The average Bonchev–Trinajstić information content (AvgIpc) is 2.43. The molecule has 1 unspecified atom stereocenters. The third-order valence-electron chi connectivity index (χ3n) is 3.28. The molecule has 2 nitrogen and oxygen atoms in total. The summed E-state index contributed by atoms with van der Waals surface area (Å²) in [7, 11) is 0. The number of ketones is 1. The highest BCUT2D eigenvalue weighted by atomic mass is 79.9. The molecule has 1 aromatic rings. The van der Waals surface area contributed by atoms with E-state index in [4.69, 9.17) is 0 Å². The van der Waals surface area contributed by atoms with Crippen LogP contribution in [0.5, 0.6) is 0 Å². The van der Waals surface area contributed by atoms with Crippen LogP contribution in [0.1, 0.15) is 55.8 Å². The summed E-state index contributed by atoms with van der Waals surface area (Å²) in [5, 5.41) is 0. The van der Waals surface area contributed by atoms with Crippen molar-refractivity contribution in [2.75, 3.05) is 0 Å². The van der Waals surface area contributed by atoms with Crippen LogP contribution in [0.25, 0.3) is 0 Å². The van der Waals surface area contributed by atoms with E-state index in [9.17, 15) is 9.59 Å². The molecule has 0 aliphatic heterocycles. The Balaban J connectivity index is 2.39. The minimum Gasteiger partial charge on any atom is -0.303 e. The third kappa shape index (κ3) is 6.15. The zero-order valence-electron chi connectivity index (χ0n) is 11.4. The first-order chi connectivity index (χ1) is 9.17. The SMILES string of the molecule is CCCCCC(C=O)CCC(=O)c1ccc(Br)cc1. The topological polar surface area (TPSA) is 34.1 Å². The minimum absolute atomic E-state index is 0.0333. The van der Waals surface area contributed by atoms with Crippen molar-refractivity contribution < 1.29 is 9.59 Å². The lowest BCUT2D eigenvalue weighted by atomic mass is 9.95. The highest BCUT2D eigenvalue weighted by molar-refractivity contribution is 9.10. The standard InChI is InChI=1S/C16H21BrO2/c1-2-3-4-5-13(12-18)6-11-16(19)14-7-9-15(17)10-8-14/h7-10,12-13H,2-6,11H2,1H3. The molecule has 0 aliphatic rings. The Bertz CT molecular complexity index is 398. The van der Waals surface area contributed by atoms with Gasteiger partial charge in [-0.25, -0.2) is 0 Å². The first-order valence-electron chi connectivity index (χ1n) is 6.91. The van der Waals surface area contributed by atoms with Crippen LogP contribution in [0.2, 0.25) is 0 Å². The molecule has 0 aliphatic carbocycles. The summed E-state index contributed by atoms with van der Waals surface area (Å²) in [6.07, 6.45) is 6.43. The number of Topliss-reactive ketones (excluding diaryl/α,β-unsaturated/α-hetero) is 1. The van der Waals surface area contributed by atoms with Gasteiger partial charge in [-0.2, -0.15) is 0 Å². The molecular formula is C16H21BrO2. The monoisotopic (exact) mass is 324 g/mol. The number of halogens is 1. The maximum Gasteiger partial charge on any atom is 0.162 e. The summed E-state index contributed by atoms with van der Waals surface area (Å²) >= 11 is 3.35. The van der Waals surface area contributed by atoms with Gasteiger partial charge in [0.1, 0.15) is 6.29 Å². The van der Waals surface area contributed by atoms with Crippen LogP contribution in [0.3, 0.4) is 0 Å². The van der Waals surface area contributed by atoms with Crippen molar-refractivity contribution in [3.8, 4) is 0 Å². The second-order valence-corrected chi connectivity index (χ2v) is 5.78. The van der Waals surface area contributed by atoms with Gasteiger partial charge < -0.3 is 4.79 Å². The van der Waals surface area contributed by atoms with Gasteiger partial charge in [0, 0.05) is 22.4 Å². The number of carbonyl (C=O) groups is 2. The van der Waals surface area contributed by atoms with Gasteiger partial charge in [-0.15, -0.1) is 0 Å². The molecule has 0 bridgehead atoms. The van der Waals surface area contributed by atoms with Gasteiger partial charge in [0.15, 0.2) is 5.78 Å². The molecule has 0 aromatic heterocycles. The molecule has 1 rings (SSSR count). The Kier molecular flexibility index (Phi) is 7.65. The van der Waals surface area contributed by atoms with Crippen molar-refractivity contribution in [2.24, 2.45) is 5.92 Å². The number of benzene rings is 1. The van der Waals surface area contributed by atoms with E-state index >= 15 is 0 Å². The van der Waals surface area contributed by atoms with E-state index in [-0.39, 0.29) is 11.7 Å². The Labute approximate surface area is 123 Å². The van der Waals surface area contributed by atoms with Crippen LogP contribution < -0.4 is 0 Å². The summed E-state index contributed by atoms with van der Waals surface area (Å²) in [6.45, 7) is 2.15. The Morgan fingerprint density at radius 2 is 1.89 bits per heavy atom. The fourth-order valence-corrected chi connectivity index (χ4v) is 2.30. The van der Waals surface area contributed by atoms with Crippen LogP contribution in [0.4, 0.5) is 0 Å². The highest BCUT2D eigenvalue weighted by Gasteiger charge is 2.11. The van der Waals surface area contributed by atoms with Crippen molar-refractivity contribution in [2.45, 2.75) is 45.4 Å². The number of rotatable bonds is 9. The third-order valence-corrected chi connectivity index (χ3v) is 3.81. The number of aldehydes is 1. The van der Waals surface area contributed by atoms with Gasteiger partial charge in [0.25, 0.3) is 0 Å². The highest BCUT2D eigenvalue weighted by Crippen LogP contribution is 2.17. The van der Waals surface area contributed by atoms with Crippen molar-refractivity contribution in [3.63, 3.8) is 0 Å². The normalized spacial score (nSPS) is 12.1. The summed E-state index contributed by atoms with van der Waals surface area (Å²) in [5.74, 6) is 0.154. The first-order valence-corrected chi connectivity index (χ1v) is 7.70. The Morgan fingerprint density at radius 1 is 1.21 bits per heavy atom. The fraction of sp³-hybridized carbons (Fsp3) is 0.500. The van der Waals surface area contributed by atoms with Crippen molar-refractivity contribution in [1.29, 1.82) is 0 Å². The minimum atomic E-state index is 0.0333. The van der Waals surface area contributed by atoms with E-state index < -0.39 is 0 Å². The van der Waals surface area contributed by atoms with Gasteiger partial charge in [-0.05, 0) is 25.0 Å². The molecule has 3 heteroatoms. The van der Waals surface area contributed by atoms with Crippen LogP contribution in [-0.4, -0.2) is 12.1 Å². The molecule has 104 valence electrons. The quantitative estimate of drug-likeness (QED) is 0.371. The predicted octanol–water partition coefficient (Wildman–Crippen LogP) is 4.81. The summed E-state index contributed by atoms with van der Waals surface area (Å²) < 4.78 is 0.967. The van der Waals surface area contributed by atoms with Crippen LogP contribution in [-0.2, 0) is 4.79 Å². The zero-order chi connectivity index (χ0) is 14.1. The molecule has 0 saturated heterocycles. The largest absolute Gasteiger partial charge is 0.303 e. The summed E-state index contributed by atoms with van der Waals surface area (Å²) in [4.78, 5) is 23.0. The molecule has 1 atom stereocenters. The maximum absolute atomic E-state index is 12.0. The molecule has 0 radical (unpaired) electrons. The first kappa shape index (κ1) is 16.1. The molecule has 19 heavy (non-hydrogen) atoms. The Morgan fingerprint density at radius 3 is 2.47 bits per heavy atom. The van der Waals surface area contributed by atoms with Gasteiger partial charge in [-0.3, -0.25) is 4.79 Å². The van der Waals surface area contributed by atoms with E-state index in [0.29, 0.717) is 12.8 Å². The van der Waals surface area contributed by atoms with E-state index in [2.05, 4.69) is 22.9 Å². The van der Waals surface area contributed by atoms with E-state index in [1.807, 2.05) is 24.3 Å². The van der Waals surface area contributed by atoms with Crippen molar-refractivity contribution >= 4 is 28.0 Å². The second-order valence-electron chi connectivity index (χ2n) is 4.86. The number of unbranched alkanes of at least 4 members (excludes halogenated alkanes) is 2. The number of hydrogen-bond donors (Lipinski definition) is 0. The average molecular weight is 325 g/mol. The van der Waals surface area contributed by atoms with Crippen molar-refractivity contribution in [3.05, 3.63) is 34.3 Å². The molecule has 0 fully saturated rings. The lowest BCUT2D eigenvalue weighted by molar-refractivity contribution is -0.111. The summed E-state index contributed by atoms with van der Waals surface area (Å²) in [6, 6.07) is 7.37. The molecule has 0 spiro atoms. The summed E-state index contributed by atoms with van der Waals surface area (Å²) in [5.41, 5.74) is 0.724. The van der Waals surface area contributed by atoms with E-state index in [0.717, 1.165) is 42.0 Å². The van der Waals surface area contributed by atoms with Crippen LogP contribution >= 0.6 is 15.9 Å². The van der Waals surface area contributed by atoms with E-state index in [1.54, 1.807) is 0 Å². The van der Waals surface area contributed by atoms with Gasteiger partial charge in [0.2, 0.25) is 0 Å². The van der Waals surface area contributed by atoms with Crippen LogP contribution in [0, 0.1) is 5.92 Å². The fourth-order valence-electron chi connectivity index (χ4n) is 2.03. The van der Waals surface area contributed by atoms with Gasteiger partial charge in [0.05, 0.1) is 0 Å². The lowest BCUT2D eigenvalue weighted by Crippen LogP contribution is -2.07. The molecule has 0 N–H and O–H groups in total. The number of carbonyl (C=O) groups excluding carboxylic acids is 2. The Hall–Kier alpha value is -0.960. The van der Waals surface area contributed by atoms with E-state index in [1.165, 1.54) is 0 Å². The smallest absolute Gasteiger partial charge is 0.162 e. The molecule has 0 heterocycles. The van der Waals surface area contributed by atoms with Gasteiger partial charge in [-0.1, -0.05) is 54.2 Å². The van der Waals surface area contributed by atoms with Crippen molar-refractivity contribution in [1.82, 2.24) is 0 Å². The zero-order valence-corrected chi connectivity index (χ0v) is 13.0. The van der Waals surface area contributed by atoms with Gasteiger partial charge >= 0.3 is 0 Å². The lowest BCUT2D eigenvalue weighted by Gasteiger charge is -2.09. The van der Waals surface area contributed by atoms with Crippen LogP contribution in [0.15, 0.2) is 28.7 Å². The molecule has 0 saturated carbocycles. The molecule has 1 aromatic carbocycles. The maximum atomic E-state index is 12.0. The predicted molar refractivity (Wildman–Crippen MR) is 81.4 cm³/mol.